The maximum Gasteiger partial charge on any atom is 0.320 e. The molecular formula is C27H36N8O3. The van der Waals surface area contributed by atoms with Gasteiger partial charge in [-0.2, -0.15) is 4.98 Å². The molecule has 0 bridgehead atoms. The molecule has 2 aromatic heterocycles. The van der Waals surface area contributed by atoms with E-state index in [1.54, 1.807) is 18.5 Å². The van der Waals surface area contributed by atoms with Crippen LogP contribution in [0.3, 0.4) is 0 Å². The highest BCUT2D eigenvalue weighted by Gasteiger charge is 2.14. The summed E-state index contributed by atoms with van der Waals surface area (Å²) in [6, 6.07) is 11.0. The van der Waals surface area contributed by atoms with Crippen LogP contribution in [0.2, 0.25) is 0 Å². The minimum Gasteiger partial charge on any atom is -0.462 e. The van der Waals surface area contributed by atoms with Crippen molar-refractivity contribution in [2.24, 2.45) is 0 Å². The summed E-state index contributed by atoms with van der Waals surface area (Å²) in [5.41, 5.74) is 2.74. The van der Waals surface area contributed by atoms with Crippen LogP contribution in [0.4, 0.5) is 29.0 Å². The fraction of sp³-hybridized carbons (Fsp3) is 0.370. The number of esters is 1. The van der Waals surface area contributed by atoms with Crippen LogP contribution in [0.25, 0.3) is 0 Å². The molecule has 0 spiro atoms. The smallest absolute Gasteiger partial charge is 0.320 e. The van der Waals surface area contributed by atoms with E-state index in [1.807, 2.05) is 65.0 Å². The Bertz CT molecular complexity index is 1220. The number of carbonyl (C=O) groups excluding carboxylic acids is 2. The van der Waals surface area contributed by atoms with Crippen molar-refractivity contribution in [3.63, 3.8) is 0 Å². The van der Waals surface area contributed by atoms with E-state index in [2.05, 4.69) is 41.5 Å². The number of amides is 1. The number of benzene rings is 1. The predicted molar refractivity (Wildman–Crippen MR) is 149 cm³/mol. The minimum absolute atomic E-state index is 0.0272. The van der Waals surface area contributed by atoms with Crippen molar-refractivity contribution in [3.05, 3.63) is 59.9 Å². The highest BCUT2D eigenvalue weighted by atomic mass is 16.5. The van der Waals surface area contributed by atoms with Crippen molar-refractivity contribution in [1.82, 2.24) is 25.6 Å². The molecule has 0 unspecified atom stereocenters. The van der Waals surface area contributed by atoms with Gasteiger partial charge in [-0.05, 0) is 58.9 Å². The van der Waals surface area contributed by atoms with Crippen molar-refractivity contribution in [2.75, 3.05) is 35.6 Å². The third-order valence-corrected chi connectivity index (χ3v) is 5.08. The van der Waals surface area contributed by atoms with Crippen LogP contribution in [-0.4, -0.2) is 58.6 Å². The third kappa shape index (κ3) is 9.00. The average molecular weight is 521 g/mol. The second-order valence-electron chi connectivity index (χ2n) is 9.22. The number of rotatable bonds is 13. The van der Waals surface area contributed by atoms with E-state index in [9.17, 15) is 9.59 Å². The summed E-state index contributed by atoms with van der Waals surface area (Å²) in [5, 5.41) is 15.6. The maximum atomic E-state index is 12.6. The molecule has 11 nitrogen and oxygen atoms in total. The lowest BCUT2D eigenvalue weighted by Crippen LogP contribution is -2.30. The van der Waals surface area contributed by atoms with Gasteiger partial charge in [-0.25, -0.2) is 9.97 Å². The molecule has 0 atom stereocenters. The summed E-state index contributed by atoms with van der Waals surface area (Å²) in [6.07, 6.45) is 3.27. The lowest BCUT2D eigenvalue weighted by atomic mass is 10.1. The molecular weight excluding hydrogens is 484 g/mol. The van der Waals surface area contributed by atoms with Crippen molar-refractivity contribution < 1.29 is 14.3 Å². The summed E-state index contributed by atoms with van der Waals surface area (Å²) in [7, 11) is 0. The van der Waals surface area contributed by atoms with Crippen LogP contribution in [0.1, 0.15) is 43.6 Å². The monoisotopic (exact) mass is 520 g/mol. The number of aromatic nitrogens is 3. The molecule has 0 fully saturated rings. The Balaban J connectivity index is 1.56. The van der Waals surface area contributed by atoms with Gasteiger partial charge in [0.1, 0.15) is 11.6 Å². The standard InChI is InChI=1S/C27H36N8O3/c1-17(2)32-26(37)21-8-6-7-9-22(21)34-25-19(5)14-31-27(35-25)33-20-10-11-23(30-15-20)29-13-12-28-16-24(36)38-18(3)4/h6-11,14-15,17-18,28H,12-13,16H2,1-5H3,(H,29,30)(H,32,37)(H2,31,33,34,35). The molecule has 11 heteroatoms. The van der Waals surface area contributed by atoms with E-state index in [1.165, 1.54) is 0 Å². The zero-order valence-corrected chi connectivity index (χ0v) is 22.5. The van der Waals surface area contributed by atoms with Gasteiger partial charge in [-0.1, -0.05) is 12.1 Å². The minimum atomic E-state index is -0.272. The number of hydrogen-bond donors (Lipinski definition) is 5. The first-order valence-corrected chi connectivity index (χ1v) is 12.6. The van der Waals surface area contributed by atoms with Crippen molar-refractivity contribution >= 4 is 40.8 Å². The van der Waals surface area contributed by atoms with Crippen molar-refractivity contribution in [3.8, 4) is 0 Å². The average Bonchev–Trinajstić information content (AvgIpc) is 2.86. The van der Waals surface area contributed by atoms with Crippen LogP contribution < -0.4 is 26.6 Å². The van der Waals surface area contributed by atoms with Gasteiger partial charge in [0, 0.05) is 30.9 Å². The van der Waals surface area contributed by atoms with Gasteiger partial charge in [-0.3, -0.25) is 9.59 Å². The Hall–Kier alpha value is -4.25. The highest BCUT2D eigenvalue weighted by Crippen LogP contribution is 2.24. The number of nitrogens with one attached hydrogen (secondary N) is 5. The number of ether oxygens (including phenoxy) is 1. The summed E-state index contributed by atoms with van der Waals surface area (Å²) < 4.78 is 5.08. The van der Waals surface area contributed by atoms with Crippen LogP contribution >= 0.6 is 0 Å². The second-order valence-corrected chi connectivity index (χ2v) is 9.22. The lowest BCUT2D eigenvalue weighted by Gasteiger charge is -2.15. The highest BCUT2D eigenvalue weighted by molar-refractivity contribution is 6.00. The molecule has 1 amide bonds. The summed E-state index contributed by atoms with van der Waals surface area (Å²) in [4.78, 5) is 37.5. The number of carbonyl (C=O) groups is 2. The van der Waals surface area contributed by atoms with Crippen LogP contribution in [-0.2, 0) is 9.53 Å². The number of pyridine rings is 1. The van der Waals surface area contributed by atoms with Gasteiger partial charge < -0.3 is 31.3 Å². The van der Waals surface area contributed by atoms with E-state index >= 15 is 0 Å². The molecule has 0 aliphatic carbocycles. The molecule has 3 aromatic rings. The molecule has 38 heavy (non-hydrogen) atoms. The van der Waals surface area contributed by atoms with Gasteiger partial charge in [0.25, 0.3) is 5.91 Å². The van der Waals surface area contributed by atoms with E-state index < -0.39 is 0 Å². The molecule has 202 valence electrons. The zero-order valence-electron chi connectivity index (χ0n) is 22.5. The molecule has 0 saturated carbocycles. The molecule has 0 aliphatic rings. The van der Waals surface area contributed by atoms with Gasteiger partial charge in [0.15, 0.2) is 0 Å². The molecule has 2 heterocycles. The Morgan fingerprint density at radius 3 is 2.45 bits per heavy atom. The molecule has 0 radical (unpaired) electrons. The van der Waals surface area contributed by atoms with Gasteiger partial charge >= 0.3 is 5.97 Å². The van der Waals surface area contributed by atoms with Crippen molar-refractivity contribution in [1.29, 1.82) is 0 Å². The number of anilines is 5. The van der Waals surface area contributed by atoms with E-state index in [4.69, 9.17) is 4.74 Å². The second kappa shape index (κ2) is 13.9. The van der Waals surface area contributed by atoms with Gasteiger partial charge in [-0.15, -0.1) is 0 Å². The summed E-state index contributed by atoms with van der Waals surface area (Å²) in [5.74, 6) is 1.25. The van der Waals surface area contributed by atoms with Crippen LogP contribution in [0.15, 0.2) is 48.8 Å². The van der Waals surface area contributed by atoms with E-state index in [-0.39, 0.29) is 30.6 Å². The van der Waals surface area contributed by atoms with Gasteiger partial charge in [0.05, 0.1) is 35.8 Å². The molecule has 1 aromatic carbocycles. The fourth-order valence-corrected chi connectivity index (χ4v) is 3.36. The van der Waals surface area contributed by atoms with Crippen LogP contribution in [0.5, 0.6) is 0 Å². The molecule has 5 N–H and O–H groups in total. The number of aryl methyl sites for hydroxylation is 1. The Kier molecular flexibility index (Phi) is 10.4. The number of nitrogens with zero attached hydrogens (tertiary/aromatic N) is 3. The predicted octanol–water partition coefficient (Wildman–Crippen LogP) is 3.76. The molecule has 0 aliphatic heterocycles. The summed E-state index contributed by atoms with van der Waals surface area (Å²) in [6.45, 7) is 10.7. The van der Waals surface area contributed by atoms with Crippen LogP contribution in [0, 0.1) is 6.92 Å². The first-order chi connectivity index (χ1) is 18.2. The van der Waals surface area contributed by atoms with E-state index in [0.717, 1.165) is 11.3 Å². The number of hydrogen-bond acceptors (Lipinski definition) is 10. The molecule has 3 rings (SSSR count). The third-order valence-electron chi connectivity index (χ3n) is 5.08. The number of para-hydroxylation sites is 1. The maximum absolute atomic E-state index is 12.6. The normalized spacial score (nSPS) is 10.8. The van der Waals surface area contributed by atoms with Gasteiger partial charge in [0.2, 0.25) is 5.95 Å². The quantitative estimate of drug-likeness (QED) is 0.167. The van der Waals surface area contributed by atoms with Crippen molar-refractivity contribution in [2.45, 2.75) is 46.8 Å². The topological polar surface area (TPSA) is 142 Å². The fourth-order valence-electron chi connectivity index (χ4n) is 3.36. The van der Waals surface area contributed by atoms with E-state index in [0.29, 0.717) is 41.9 Å². The SMILES string of the molecule is Cc1cnc(Nc2ccc(NCCNCC(=O)OC(C)C)nc2)nc1Nc1ccccc1C(=O)NC(C)C. The first kappa shape index (κ1) is 28.3. The Morgan fingerprint density at radius 1 is 0.947 bits per heavy atom. The summed E-state index contributed by atoms with van der Waals surface area (Å²) >= 11 is 0. The first-order valence-electron chi connectivity index (χ1n) is 12.6. The Labute approximate surface area is 223 Å². The Morgan fingerprint density at radius 2 is 1.74 bits per heavy atom. The zero-order chi connectivity index (χ0) is 27.5. The largest absolute Gasteiger partial charge is 0.462 e. The lowest BCUT2D eigenvalue weighted by molar-refractivity contribution is -0.146. The molecule has 0 saturated heterocycles.